The van der Waals surface area contributed by atoms with Gasteiger partial charge in [0.1, 0.15) is 17.9 Å². The van der Waals surface area contributed by atoms with Gasteiger partial charge >= 0.3 is 0 Å². The third kappa shape index (κ3) is 4.89. The van der Waals surface area contributed by atoms with Crippen molar-refractivity contribution in [3.63, 3.8) is 0 Å². The molecule has 0 unspecified atom stereocenters. The molecule has 0 aliphatic heterocycles. The van der Waals surface area contributed by atoms with Crippen molar-refractivity contribution in [3.8, 4) is 17.6 Å². The third-order valence-electron chi connectivity index (χ3n) is 7.56. The van der Waals surface area contributed by atoms with Crippen LogP contribution in [0, 0.1) is 16.7 Å². The van der Waals surface area contributed by atoms with E-state index < -0.39 is 10.0 Å². The molecule has 5 rings (SSSR count). The number of ether oxygens (including phenoxy) is 2. The largest absolute Gasteiger partial charge is 0.491 e. The van der Waals surface area contributed by atoms with Crippen molar-refractivity contribution in [3.05, 3.63) is 58.1 Å². The number of nitrogens with zero attached hydrogens (tertiary/aromatic N) is 1. The van der Waals surface area contributed by atoms with Gasteiger partial charge < -0.3 is 9.47 Å². The van der Waals surface area contributed by atoms with E-state index in [-0.39, 0.29) is 22.5 Å². The number of hydrogen-bond donors (Lipinski definition) is 1. The predicted molar refractivity (Wildman–Crippen MR) is 138 cm³/mol. The number of sulfonamides is 1. The zero-order valence-electron chi connectivity index (χ0n) is 20.9. The van der Waals surface area contributed by atoms with E-state index in [2.05, 4.69) is 31.6 Å². The lowest BCUT2D eigenvalue weighted by molar-refractivity contribution is -0.193. The molecule has 0 heterocycles. The summed E-state index contributed by atoms with van der Waals surface area (Å²) in [6.45, 7) is 8.78. The lowest BCUT2D eigenvalue weighted by Crippen LogP contribution is -2.77. The van der Waals surface area contributed by atoms with Crippen LogP contribution in [0.4, 0.5) is 0 Å². The molecule has 0 amide bonds. The molecule has 2 aromatic carbocycles. The van der Waals surface area contributed by atoms with Crippen molar-refractivity contribution in [2.75, 3.05) is 12.9 Å². The van der Waals surface area contributed by atoms with Gasteiger partial charge in [-0.2, -0.15) is 5.26 Å². The lowest BCUT2D eigenvalue weighted by Gasteiger charge is -2.71. The first-order chi connectivity index (χ1) is 16.3. The van der Waals surface area contributed by atoms with Crippen molar-refractivity contribution in [1.82, 2.24) is 4.72 Å². The molecular formula is C27H33ClN2O4S. The Balaban J connectivity index is 1.45. The van der Waals surface area contributed by atoms with E-state index in [1.165, 1.54) is 6.26 Å². The standard InChI is InChI=1S/C27H33ClN2O4S/c1-6-11-33-24-19(14-29)12-21(13-23(24)28)25(3,4)20-7-9-22(10-8-20)34-18(2)26-15-27(16-26,17-26)30-35(5,31)32/h7-10,12-13,18,30H,6,11,15-17H2,1-5H3/t18-,26?,27?/m0/s1. The second-order valence-corrected chi connectivity index (χ2v) is 12.9. The van der Waals surface area contributed by atoms with Crippen LogP contribution in [0.5, 0.6) is 11.5 Å². The van der Waals surface area contributed by atoms with Gasteiger partial charge in [0.2, 0.25) is 10.0 Å². The molecule has 2 bridgehead atoms. The molecular weight excluding hydrogens is 484 g/mol. The first-order valence-electron chi connectivity index (χ1n) is 12.0. The quantitative estimate of drug-likeness (QED) is 0.446. The predicted octanol–water partition coefficient (Wildman–Crippen LogP) is 5.57. The fourth-order valence-corrected chi connectivity index (χ4v) is 6.91. The van der Waals surface area contributed by atoms with E-state index in [1.54, 1.807) is 0 Å². The van der Waals surface area contributed by atoms with Crippen molar-refractivity contribution in [1.29, 1.82) is 5.26 Å². The van der Waals surface area contributed by atoms with E-state index in [9.17, 15) is 13.7 Å². The highest BCUT2D eigenvalue weighted by Crippen LogP contribution is 2.69. The van der Waals surface area contributed by atoms with Gasteiger partial charge in [0.15, 0.2) is 5.75 Å². The maximum Gasteiger partial charge on any atom is 0.209 e. The molecule has 0 saturated heterocycles. The Kier molecular flexibility index (Phi) is 6.63. The summed E-state index contributed by atoms with van der Waals surface area (Å²) in [5.74, 6) is 1.22. The fourth-order valence-electron chi connectivity index (χ4n) is 5.63. The van der Waals surface area contributed by atoms with E-state index in [1.807, 2.05) is 43.3 Å². The summed E-state index contributed by atoms with van der Waals surface area (Å²) in [7, 11) is -3.20. The van der Waals surface area contributed by atoms with Crippen LogP contribution in [0.25, 0.3) is 0 Å². The summed E-state index contributed by atoms with van der Waals surface area (Å²) in [4.78, 5) is 0. The van der Waals surface area contributed by atoms with Gasteiger partial charge in [-0.1, -0.05) is 44.5 Å². The van der Waals surface area contributed by atoms with Gasteiger partial charge in [-0.15, -0.1) is 0 Å². The molecule has 188 valence electrons. The van der Waals surface area contributed by atoms with E-state index in [0.29, 0.717) is 22.9 Å². The highest BCUT2D eigenvalue weighted by Gasteiger charge is 2.71. The SMILES string of the molecule is CCCOc1c(Cl)cc(C(C)(C)c2ccc(O[C@@H](C)C34CC(NS(C)(=O)=O)(C3)C4)cc2)cc1C#N. The number of nitriles is 1. The average molecular weight is 517 g/mol. The number of nitrogens with one attached hydrogen (secondary N) is 1. The second-order valence-electron chi connectivity index (χ2n) is 10.8. The van der Waals surface area contributed by atoms with Gasteiger partial charge in [0.05, 0.1) is 23.4 Å². The molecule has 3 aliphatic carbocycles. The zero-order valence-corrected chi connectivity index (χ0v) is 22.5. The van der Waals surface area contributed by atoms with Crippen molar-refractivity contribution in [2.45, 2.75) is 70.4 Å². The molecule has 1 N–H and O–H groups in total. The maximum absolute atomic E-state index is 11.6. The van der Waals surface area contributed by atoms with Crippen molar-refractivity contribution in [2.24, 2.45) is 5.41 Å². The van der Waals surface area contributed by atoms with Crippen LogP contribution in [0.15, 0.2) is 36.4 Å². The van der Waals surface area contributed by atoms with Crippen molar-refractivity contribution >= 4 is 21.6 Å². The van der Waals surface area contributed by atoms with Gasteiger partial charge in [-0.05, 0) is 68.0 Å². The fraction of sp³-hybridized carbons (Fsp3) is 0.519. The maximum atomic E-state index is 11.6. The molecule has 35 heavy (non-hydrogen) atoms. The number of benzene rings is 2. The molecule has 0 aromatic heterocycles. The Morgan fingerprint density at radius 3 is 2.34 bits per heavy atom. The molecule has 3 aliphatic rings. The minimum absolute atomic E-state index is 0.00254. The van der Waals surface area contributed by atoms with Crippen LogP contribution in [-0.2, 0) is 15.4 Å². The highest BCUT2D eigenvalue weighted by atomic mass is 35.5. The van der Waals surface area contributed by atoms with Crippen LogP contribution in [0.2, 0.25) is 5.02 Å². The van der Waals surface area contributed by atoms with Crippen LogP contribution >= 0.6 is 11.6 Å². The molecule has 6 nitrogen and oxygen atoms in total. The van der Waals surface area contributed by atoms with Crippen LogP contribution < -0.4 is 14.2 Å². The lowest BCUT2D eigenvalue weighted by atomic mass is 9.38. The summed E-state index contributed by atoms with van der Waals surface area (Å²) in [6, 6.07) is 14.0. The van der Waals surface area contributed by atoms with Gasteiger partial charge in [-0.25, -0.2) is 13.1 Å². The normalized spacial score (nSPS) is 24.0. The minimum Gasteiger partial charge on any atom is -0.491 e. The zero-order chi connectivity index (χ0) is 25.6. The summed E-state index contributed by atoms with van der Waals surface area (Å²) < 4.78 is 37.9. The molecule has 0 spiro atoms. The number of rotatable bonds is 10. The molecule has 2 aromatic rings. The van der Waals surface area contributed by atoms with Gasteiger partial charge in [0.25, 0.3) is 0 Å². The molecule has 1 atom stereocenters. The smallest absolute Gasteiger partial charge is 0.209 e. The summed E-state index contributed by atoms with van der Waals surface area (Å²) in [5.41, 5.74) is 1.83. The molecule has 0 radical (unpaired) electrons. The minimum atomic E-state index is -3.20. The summed E-state index contributed by atoms with van der Waals surface area (Å²) >= 11 is 6.50. The Morgan fingerprint density at radius 2 is 1.80 bits per heavy atom. The first-order valence-corrected chi connectivity index (χ1v) is 14.2. The van der Waals surface area contributed by atoms with Crippen LogP contribution in [0.1, 0.15) is 70.1 Å². The number of halogens is 1. The number of hydrogen-bond acceptors (Lipinski definition) is 5. The Labute approximate surface area is 213 Å². The van der Waals surface area contributed by atoms with E-state index >= 15 is 0 Å². The Morgan fingerprint density at radius 1 is 1.17 bits per heavy atom. The highest BCUT2D eigenvalue weighted by molar-refractivity contribution is 7.88. The first kappa shape index (κ1) is 25.8. The average Bonchev–Trinajstić information content (AvgIpc) is 2.73. The second kappa shape index (κ2) is 8.99. The van der Waals surface area contributed by atoms with Gasteiger partial charge in [-0.3, -0.25) is 0 Å². The molecule has 3 saturated carbocycles. The summed E-state index contributed by atoms with van der Waals surface area (Å²) in [6.07, 6.45) is 4.50. The van der Waals surface area contributed by atoms with Crippen LogP contribution in [-0.4, -0.2) is 32.9 Å². The molecule has 3 fully saturated rings. The topological polar surface area (TPSA) is 88.4 Å². The Hall–Kier alpha value is -2.27. The van der Waals surface area contributed by atoms with Gasteiger partial charge in [0, 0.05) is 16.4 Å². The summed E-state index contributed by atoms with van der Waals surface area (Å²) in [5, 5.41) is 10.1. The van der Waals surface area contributed by atoms with E-state index in [4.69, 9.17) is 21.1 Å². The Bertz CT molecular complexity index is 1250. The van der Waals surface area contributed by atoms with E-state index in [0.717, 1.165) is 42.6 Å². The third-order valence-corrected chi connectivity index (χ3v) is 8.65. The van der Waals surface area contributed by atoms with Crippen molar-refractivity contribution < 1.29 is 17.9 Å². The van der Waals surface area contributed by atoms with Crippen LogP contribution in [0.3, 0.4) is 0 Å². The molecule has 8 heteroatoms. The monoisotopic (exact) mass is 516 g/mol.